The zero-order chi connectivity index (χ0) is 33.8. The van der Waals surface area contributed by atoms with E-state index in [1.807, 2.05) is 30.9 Å². The first-order valence-corrected chi connectivity index (χ1v) is 15.0. The van der Waals surface area contributed by atoms with Crippen LogP contribution < -0.4 is 26.6 Å². The first-order valence-electron chi connectivity index (χ1n) is 15.0. The Balaban J connectivity index is 3.05. The fourth-order valence-corrected chi connectivity index (χ4v) is 4.68. The highest BCUT2D eigenvalue weighted by atomic mass is 16.6. The Morgan fingerprint density at radius 1 is 0.955 bits per heavy atom. The lowest BCUT2D eigenvalue weighted by Crippen LogP contribution is -2.56. The molecule has 0 aromatic heterocycles. The van der Waals surface area contributed by atoms with Crippen LogP contribution in [-0.2, 0) is 25.5 Å². The first kappa shape index (κ1) is 38.2. The van der Waals surface area contributed by atoms with Gasteiger partial charge in [0.1, 0.15) is 23.7 Å². The second kappa shape index (κ2) is 17.4. The Morgan fingerprint density at radius 3 is 2.02 bits per heavy atom. The number of ether oxygens (including phenoxy) is 1. The number of carbonyl (C=O) groups is 5. The molecule has 0 aliphatic carbocycles. The van der Waals surface area contributed by atoms with Gasteiger partial charge in [0.15, 0.2) is 0 Å². The normalized spacial score (nSPS) is 13.6. The van der Waals surface area contributed by atoms with E-state index < -0.39 is 47.7 Å². The number of alkyl carbamates (subject to hydrolysis) is 1. The molecule has 0 saturated carbocycles. The van der Waals surface area contributed by atoms with E-state index in [1.165, 1.54) is 4.90 Å². The average molecular weight is 621 g/mol. The van der Waals surface area contributed by atoms with Crippen molar-refractivity contribution in [3.05, 3.63) is 29.8 Å². The molecule has 0 aliphatic heterocycles. The standard InChI is InChI=1S/C31H52N6O7/c1-19(2)24(35-30(43)44-31(5,6)7)26(38)34-23(11-10-17-33-29(32)42)27(39)37(9)22-14-12-21(13-15-22)16-18-36(8)25(20(3)4)28(40)41/h12-15,19-20,23-25H,10-11,16-18H2,1-9H3,(H,34,38)(H,35,43)(H,40,41)(H3,32,33,42)/t23?,24-,25-/m0/s1. The Labute approximate surface area is 261 Å². The van der Waals surface area contributed by atoms with Crippen molar-refractivity contribution in [3.8, 4) is 0 Å². The number of nitrogens with two attached hydrogens (primary N) is 1. The third-order valence-electron chi connectivity index (χ3n) is 6.97. The number of hydrogen-bond acceptors (Lipinski definition) is 7. The molecule has 1 aromatic rings. The summed E-state index contributed by atoms with van der Waals surface area (Å²) in [5.41, 5.74) is 5.97. The summed E-state index contributed by atoms with van der Waals surface area (Å²) in [4.78, 5) is 65.3. The second-order valence-corrected chi connectivity index (χ2v) is 12.7. The highest BCUT2D eigenvalue weighted by molar-refractivity contribution is 5.99. The minimum absolute atomic E-state index is 0.0385. The van der Waals surface area contributed by atoms with Gasteiger partial charge in [-0.2, -0.15) is 0 Å². The number of likely N-dealkylation sites (N-methyl/N-ethyl adjacent to an activating group) is 2. The van der Waals surface area contributed by atoms with E-state index in [2.05, 4.69) is 16.0 Å². The smallest absolute Gasteiger partial charge is 0.408 e. The summed E-state index contributed by atoms with van der Waals surface area (Å²) in [6.07, 6.45) is 0.445. The van der Waals surface area contributed by atoms with Crippen molar-refractivity contribution < 1.29 is 33.8 Å². The quantitative estimate of drug-likeness (QED) is 0.175. The fraction of sp³-hybridized carbons (Fsp3) is 0.645. The van der Waals surface area contributed by atoms with Gasteiger partial charge in [0.05, 0.1) is 0 Å². The molecule has 13 nitrogen and oxygen atoms in total. The zero-order valence-electron chi connectivity index (χ0n) is 27.6. The van der Waals surface area contributed by atoms with Crippen LogP contribution in [0.1, 0.15) is 66.9 Å². The molecule has 0 radical (unpaired) electrons. The number of benzene rings is 1. The minimum Gasteiger partial charge on any atom is -0.480 e. The molecule has 1 aromatic carbocycles. The number of carbonyl (C=O) groups excluding carboxylic acids is 4. The van der Waals surface area contributed by atoms with E-state index in [4.69, 9.17) is 10.5 Å². The second-order valence-electron chi connectivity index (χ2n) is 12.7. The van der Waals surface area contributed by atoms with E-state index in [9.17, 15) is 29.1 Å². The molecule has 6 N–H and O–H groups in total. The average Bonchev–Trinajstić information content (AvgIpc) is 2.89. The van der Waals surface area contributed by atoms with E-state index in [0.29, 0.717) is 25.1 Å². The molecule has 3 atom stereocenters. The molecule has 0 aliphatic rings. The molecular formula is C31H52N6O7. The molecule has 13 heteroatoms. The molecule has 248 valence electrons. The van der Waals surface area contributed by atoms with E-state index >= 15 is 0 Å². The number of carboxylic acid groups (broad SMARTS) is 1. The highest BCUT2D eigenvalue weighted by Gasteiger charge is 2.32. The predicted molar refractivity (Wildman–Crippen MR) is 169 cm³/mol. The summed E-state index contributed by atoms with van der Waals surface area (Å²) in [5.74, 6) is -2.12. The fourth-order valence-electron chi connectivity index (χ4n) is 4.68. The summed E-state index contributed by atoms with van der Waals surface area (Å²) in [6.45, 7) is 13.2. The number of rotatable bonds is 16. The Hall–Kier alpha value is -3.87. The summed E-state index contributed by atoms with van der Waals surface area (Å²) >= 11 is 0. The zero-order valence-corrected chi connectivity index (χ0v) is 27.6. The number of primary amides is 1. The third-order valence-corrected chi connectivity index (χ3v) is 6.97. The molecule has 0 fully saturated rings. The van der Waals surface area contributed by atoms with Gasteiger partial charge < -0.3 is 36.4 Å². The topological polar surface area (TPSA) is 183 Å². The lowest BCUT2D eigenvalue weighted by atomic mass is 10.0. The van der Waals surface area contributed by atoms with Crippen LogP contribution in [-0.4, -0.2) is 90.8 Å². The molecule has 0 bridgehead atoms. The van der Waals surface area contributed by atoms with Gasteiger partial charge in [-0.1, -0.05) is 39.8 Å². The van der Waals surface area contributed by atoms with E-state index in [0.717, 1.165) is 5.56 Å². The number of carboxylic acids is 1. The number of nitrogens with zero attached hydrogens (tertiary/aromatic N) is 2. The number of nitrogens with one attached hydrogen (secondary N) is 3. The van der Waals surface area contributed by atoms with Crippen LogP contribution in [0.5, 0.6) is 0 Å². The monoisotopic (exact) mass is 620 g/mol. The maximum Gasteiger partial charge on any atom is 0.408 e. The van der Waals surface area contributed by atoms with Crippen LogP contribution in [0.2, 0.25) is 0 Å². The van der Waals surface area contributed by atoms with Gasteiger partial charge in [0.2, 0.25) is 11.8 Å². The largest absolute Gasteiger partial charge is 0.480 e. The number of anilines is 1. The van der Waals surface area contributed by atoms with Gasteiger partial charge >= 0.3 is 18.1 Å². The SMILES string of the molecule is CC(C)[C@H](NC(=O)OC(C)(C)C)C(=O)NC(CCCNC(N)=O)C(=O)N(C)c1ccc(CCN(C)[C@H](C(=O)O)C(C)C)cc1. The first-order chi connectivity index (χ1) is 20.3. The molecular weight excluding hydrogens is 568 g/mol. The number of amides is 5. The Kier molecular flexibility index (Phi) is 15.1. The van der Waals surface area contributed by atoms with Gasteiger partial charge in [-0.15, -0.1) is 0 Å². The van der Waals surface area contributed by atoms with Gasteiger partial charge in [0, 0.05) is 25.8 Å². The van der Waals surface area contributed by atoms with Crippen LogP contribution in [0.3, 0.4) is 0 Å². The van der Waals surface area contributed by atoms with Crippen LogP contribution in [0.4, 0.5) is 15.3 Å². The van der Waals surface area contributed by atoms with Crippen molar-refractivity contribution in [1.29, 1.82) is 0 Å². The van der Waals surface area contributed by atoms with Crippen LogP contribution in [0, 0.1) is 11.8 Å². The summed E-state index contributed by atoms with van der Waals surface area (Å²) in [5, 5.41) is 17.4. The van der Waals surface area contributed by atoms with Crippen molar-refractivity contribution >= 4 is 35.6 Å². The molecule has 5 amide bonds. The van der Waals surface area contributed by atoms with Gasteiger partial charge in [0.25, 0.3) is 0 Å². The van der Waals surface area contributed by atoms with E-state index in [1.54, 1.807) is 60.8 Å². The lowest BCUT2D eigenvalue weighted by molar-refractivity contribution is -0.144. The van der Waals surface area contributed by atoms with Crippen molar-refractivity contribution in [3.63, 3.8) is 0 Å². The maximum absolute atomic E-state index is 13.6. The third kappa shape index (κ3) is 13.2. The number of urea groups is 1. The Morgan fingerprint density at radius 2 is 1.55 bits per heavy atom. The minimum atomic E-state index is -0.957. The maximum atomic E-state index is 13.6. The van der Waals surface area contributed by atoms with Crippen LogP contribution in [0.15, 0.2) is 24.3 Å². The molecule has 0 saturated heterocycles. The van der Waals surface area contributed by atoms with Crippen LogP contribution >= 0.6 is 0 Å². The predicted octanol–water partition coefficient (Wildman–Crippen LogP) is 2.72. The van der Waals surface area contributed by atoms with Crippen LogP contribution in [0.25, 0.3) is 0 Å². The Bertz CT molecular complexity index is 1120. The number of aliphatic carboxylic acids is 1. The highest BCUT2D eigenvalue weighted by Crippen LogP contribution is 2.18. The molecule has 1 rings (SSSR count). The summed E-state index contributed by atoms with van der Waals surface area (Å²) in [6, 6.07) is 4.15. The van der Waals surface area contributed by atoms with E-state index in [-0.39, 0.29) is 30.7 Å². The van der Waals surface area contributed by atoms with Gasteiger partial charge in [-0.05, 0) is 76.6 Å². The molecule has 44 heavy (non-hydrogen) atoms. The lowest BCUT2D eigenvalue weighted by Gasteiger charge is -2.29. The molecule has 0 spiro atoms. The van der Waals surface area contributed by atoms with Crippen molar-refractivity contribution in [1.82, 2.24) is 20.9 Å². The van der Waals surface area contributed by atoms with Crippen molar-refractivity contribution in [2.45, 2.75) is 91.5 Å². The van der Waals surface area contributed by atoms with Crippen molar-refractivity contribution in [2.75, 3.05) is 32.1 Å². The van der Waals surface area contributed by atoms with Gasteiger partial charge in [-0.25, -0.2) is 9.59 Å². The summed E-state index contributed by atoms with van der Waals surface area (Å²) < 4.78 is 5.31. The summed E-state index contributed by atoms with van der Waals surface area (Å²) in [7, 11) is 3.39. The number of hydrogen-bond donors (Lipinski definition) is 5. The van der Waals surface area contributed by atoms with Gasteiger partial charge in [-0.3, -0.25) is 19.3 Å². The van der Waals surface area contributed by atoms with Crippen molar-refractivity contribution in [2.24, 2.45) is 17.6 Å². The molecule has 1 unspecified atom stereocenters. The molecule has 0 heterocycles.